The van der Waals surface area contributed by atoms with E-state index in [0.717, 1.165) is 26.2 Å². The van der Waals surface area contributed by atoms with Crippen molar-refractivity contribution in [3.05, 3.63) is 66.8 Å². The Morgan fingerprint density at radius 2 is 2.09 bits per heavy atom. The Morgan fingerprint density at radius 1 is 1.32 bits per heavy atom. The Bertz CT molecular complexity index is 762. The Balaban J connectivity index is 1.80. The quantitative estimate of drug-likeness (QED) is 0.778. The second-order valence-corrected chi connectivity index (χ2v) is 6.13. The highest BCUT2D eigenvalue weighted by molar-refractivity contribution is 7.22. The summed E-state index contributed by atoms with van der Waals surface area (Å²) in [6, 6.07) is 11.4. The number of hydrogen-bond acceptors (Lipinski definition) is 4. The normalized spacial score (nSPS) is 12.3. The third kappa shape index (κ3) is 3.00. The summed E-state index contributed by atoms with van der Waals surface area (Å²) >= 11 is 1.51. The topological polar surface area (TPSA) is 68.0 Å². The summed E-state index contributed by atoms with van der Waals surface area (Å²) < 4.78 is 1.04. The number of amides is 1. The van der Waals surface area contributed by atoms with Crippen molar-refractivity contribution in [2.75, 3.05) is 11.9 Å². The van der Waals surface area contributed by atoms with Crippen LogP contribution in [0.3, 0.4) is 0 Å². The molecule has 3 N–H and O–H groups in total. The van der Waals surface area contributed by atoms with Crippen molar-refractivity contribution in [1.29, 1.82) is 0 Å². The van der Waals surface area contributed by atoms with Crippen molar-refractivity contribution in [3.63, 3.8) is 0 Å². The molecule has 22 heavy (non-hydrogen) atoms. The van der Waals surface area contributed by atoms with E-state index >= 15 is 0 Å². The number of nitrogens with zero attached hydrogens (tertiary/aromatic N) is 1. The van der Waals surface area contributed by atoms with E-state index in [2.05, 4.69) is 17.2 Å². The molecule has 1 atom stereocenters. The van der Waals surface area contributed by atoms with Crippen molar-refractivity contribution in [1.82, 2.24) is 4.98 Å². The van der Waals surface area contributed by atoms with Crippen molar-refractivity contribution >= 4 is 32.3 Å². The van der Waals surface area contributed by atoms with E-state index in [4.69, 9.17) is 5.73 Å². The van der Waals surface area contributed by atoms with Gasteiger partial charge in [-0.1, -0.05) is 24.3 Å². The average Bonchev–Trinajstić information content (AvgIpc) is 2.92. The van der Waals surface area contributed by atoms with E-state index in [1.807, 2.05) is 36.4 Å². The number of fused-ring (bicyclic) bond motifs is 1. The van der Waals surface area contributed by atoms with E-state index in [0.29, 0.717) is 0 Å². The van der Waals surface area contributed by atoms with Crippen molar-refractivity contribution in [3.8, 4) is 0 Å². The van der Waals surface area contributed by atoms with Gasteiger partial charge in [0.15, 0.2) is 0 Å². The molecule has 1 aromatic carbocycles. The van der Waals surface area contributed by atoms with Crippen molar-refractivity contribution < 1.29 is 4.79 Å². The largest absolute Gasteiger partial charge is 0.329 e. The number of nitrogens with two attached hydrogens (primary N) is 1. The zero-order valence-corrected chi connectivity index (χ0v) is 12.8. The van der Waals surface area contributed by atoms with Gasteiger partial charge in [0.1, 0.15) is 0 Å². The van der Waals surface area contributed by atoms with Gasteiger partial charge in [-0.25, -0.2) is 0 Å². The molecular weight excluding hydrogens is 294 g/mol. The van der Waals surface area contributed by atoms with Crippen LogP contribution in [0.1, 0.15) is 17.0 Å². The Labute approximate surface area is 133 Å². The smallest absolute Gasteiger partial charge is 0.233 e. The van der Waals surface area contributed by atoms with E-state index < -0.39 is 0 Å². The number of hydrogen-bond donors (Lipinski definition) is 2. The lowest BCUT2D eigenvalue weighted by molar-refractivity contribution is -0.117. The maximum absolute atomic E-state index is 12.5. The number of thiophene rings is 1. The molecule has 2 heterocycles. The molecule has 0 aliphatic carbocycles. The number of benzene rings is 1. The molecule has 3 aromatic rings. The summed E-state index contributed by atoms with van der Waals surface area (Å²) in [7, 11) is 0. The van der Waals surface area contributed by atoms with Gasteiger partial charge in [0.05, 0.1) is 15.6 Å². The van der Waals surface area contributed by atoms with E-state index in [9.17, 15) is 4.79 Å². The highest BCUT2D eigenvalue weighted by Crippen LogP contribution is 2.29. The first-order valence-electron chi connectivity index (χ1n) is 6.94. The molecule has 3 rings (SSSR count). The van der Waals surface area contributed by atoms with E-state index in [1.54, 1.807) is 12.4 Å². The van der Waals surface area contributed by atoms with E-state index in [-0.39, 0.29) is 18.4 Å². The van der Waals surface area contributed by atoms with Crippen LogP contribution in [0.4, 0.5) is 5.00 Å². The van der Waals surface area contributed by atoms with Gasteiger partial charge in [-0.05, 0) is 35.6 Å². The predicted molar refractivity (Wildman–Crippen MR) is 90.9 cm³/mol. The van der Waals surface area contributed by atoms with Crippen LogP contribution in [0.5, 0.6) is 0 Å². The summed E-state index contributed by atoms with van der Waals surface area (Å²) in [5.74, 6) is -0.470. The molecule has 1 amide bonds. The Kier molecular flexibility index (Phi) is 4.18. The minimum atomic E-state index is -0.371. The third-order valence-electron chi connectivity index (χ3n) is 3.50. The standard InChI is InChI=1S/C17H16N3OS/c1-11-2-4-12(5-3-11)14(9-18)17(21)20-16-8-13-6-7-19-10-15(13)22-16/h2-8,10,14H,1,9,18H2,(H,20,21)/t14-/m1/s1. The number of carbonyl (C=O) groups is 1. The molecule has 1 radical (unpaired) electrons. The summed E-state index contributed by atoms with van der Waals surface area (Å²) in [6.45, 7) is 4.11. The molecule has 111 valence electrons. The lowest BCUT2D eigenvalue weighted by Gasteiger charge is -2.14. The molecule has 0 spiro atoms. The minimum Gasteiger partial charge on any atom is -0.329 e. The minimum absolute atomic E-state index is 0.0983. The van der Waals surface area contributed by atoms with Crippen molar-refractivity contribution in [2.24, 2.45) is 5.73 Å². The lowest BCUT2D eigenvalue weighted by Crippen LogP contribution is -2.27. The number of pyridine rings is 1. The first-order chi connectivity index (χ1) is 10.7. The molecule has 0 unspecified atom stereocenters. The van der Waals surface area contributed by atoms with Crippen LogP contribution < -0.4 is 11.1 Å². The Hall–Kier alpha value is -2.24. The molecule has 2 aromatic heterocycles. The molecule has 0 fully saturated rings. The van der Waals surface area contributed by atoms with Gasteiger partial charge in [0, 0.05) is 18.9 Å². The highest BCUT2D eigenvalue weighted by Gasteiger charge is 2.19. The third-order valence-corrected chi connectivity index (χ3v) is 4.50. The fourth-order valence-corrected chi connectivity index (χ4v) is 3.23. The van der Waals surface area contributed by atoms with Crippen LogP contribution in [0.15, 0.2) is 48.8 Å². The summed E-state index contributed by atoms with van der Waals surface area (Å²) in [5, 5.41) is 4.83. The second-order valence-electron chi connectivity index (χ2n) is 5.04. The number of rotatable bonds is 4. The van der Waals surface area contributed by atoms with Crippen molar-refractivity contribution in [2.45, 2.75) is 5.92 Å². The number of aromatic nitrogens is 1. The fraction of sp³-hybridized carbons (Fsp3) is 0.118. The SMILES string of the molecule is [CH2]c1ccc([C@@H](CN)C(=O)Nc2cc3ccncc3s2)cc1. The molecule has 4 nitrogen and oxygen atoms in total. The summed E-state index contributed by atoms with van der Waals surface area (Å²) in [4.78, 5) is 16.6. The van der Waals surface area contributed by atoms with Gasteiger partial charge < -0.3 is 11.1 Å². The van der Waals surface area contributed by atoms with Gasteiger partial charge in [-0.15, -0.1) is 11.3 Å². The maximum Gasteiger partial charge on any atom is 0.233 e. The lowest BCUT2D eigenvalue weighted by atomic mass is 9.97. The first-order valence-corrected chi connectivity index (χ1v) is 7.75. The van der Waals surface area contributed by atoms with Gasteiger partial charge in [-0.2, -0.15) is 0 Å². The Morgan fingerprint density at radius 3 is 2.77 bits per heavy atom. The van der Waals surface area contributed by atoms with Crippen LogP contribution in [-0.4, -0.2) is 17.4 Å². The predicted octanol–water partition coefficient (Wildman–Crippen LogP) is 3.16. The fourth-order valence-electron chi connectivity index (χ4n) is 2.30. The molecule has 5 heteroatoms. The second kappa shape index (κ2) is 6.25. The molecule has 0 aliphatic rings. The highest BCUT2D eigenvalue weighted by atomic mass is 32.1. The zero-order chi connectivity index (χ0) is 15.5. The maximum atomic E-state index is 12.5. The first kappa shape index (κ1) is 14.7. The van der Waals surface area contributed by atoms with Gasteiger partial charge in [0.25, 0.3) is 0 Å². The van der Waals surface area contributed by atoms with E-state index in [1.165, 1.54) is 11.3 Å². The zero-order valence-electron chi connectivity index (χ0n) is 12.0. The number of nitrogens with one attached hydrogen (secondary N) is 1. The number of carbonyl (C=O) groups excluding carboxylic acids is 1. The van der Waals surface area contributed by atoms with Gasteiger partial charge in [0.2, 0.25) is 5.91 Å². The van der Waals surface area contributed by atoms with Gasteiger partial charge >= 0.3 is 0 Å². The molecule has 0 saturated heterocycles. The number of anilines is 1. The molecule has 0 saturated carbocycles. The van der Waals surface area contributed by atoms with Gasteiger partial charge in [-0.3, -0.25) is 9.78 Å². The average molecular weight is 310 g/mol. The van der Waals surface area contributed by atoms with Crippen LogP contribution in [-0.2, 0) is 4.79 Å². The summed E-state index contributed by atoms with van der Waals surface area (Å²) in [6.07, 6.45) is 3.53. The molecular formula is C17H16N3OS. The monoisotopic (exact) mass is 310 g/mol. The van der Waals surface area contributed by atoms with Crippen LogP contribution in [0.25, 0.3) is 10.1 Å². The molecule has 0 aliphatic heterocycles. The van der Waals surface area contributed by atoms with Crippen LogP contribution in [0.2, 0.25) is 0 Å². The van der Waals surface area contributed by atoms with Crippen LogP contribution >= 0.6 is 11.3 Å². The molecule has 0 bridgehead atoms. The summed E-state index contributed by atoms with van der Waals surface area (Å²) in [5.41, 5.74) is 7.60. The van der Waals surface area contributed by atoms with Crippen LogP contribution in [0, 0.1) is 6.92 Å².